The Hall–Kier alpha value is -7.22. The van der Waals surface area contributed by atoms with Crippen molar-refractivity contribution in [1.29, 1.82) is 0 Å². The number of ether oxygens (including phenoxy) is 2. The minimum atomic E-state index is -5.20. The van der Waals surface area contributed by atoms with Gasteiger partial charge in [0.25, 0.3) is 5.91 Å². The second-order valence-corrected chi connectivity index (χ2v) is 22.9. The molecule has 7 N–H and O–H groups in total. The van der Waals surface area contributed by atoms with Gasteiger partial charge in [0, 0.05) is 67.2 Å². The molecule has 5 heterocycles. The zero-order chi connectivity index (χ0) is 59.1. The van der Waals surface area contributed by atoms with Crippen molar-refractivity contribution in [3.8, 4) is 23.1 Å². The number of carbonyl (C=O) groups is 4. The molecular formula is C54H62F8N12O8. The quantitative estimate of drug-likeness (QED) is 0.0344. The van der Waals surface area contributed by atoms with Gasteiger partial charge in [-0.25, -0.2) is 38.4 Å². The fourth-order valence-electron chi connectivity index (χ4n) is 11.1. The zero-order valence-electron chi connectivity index (χ0n) is 45.0. The third-order valence-electron chi connectivity index (χ3n) is 16.5. The highest BCUT2D eigenvalue weighted by Crippen LogP contribution is 2.62. The van der Waals surface area contributed by atoms with Crippen LogP contribution in [-0.4, -0.2) is 158 Å². The van der Waals surface area contributed by atoms with Gasteiger partial charge in [0.05, 0.1) is 66.1 Å². The van der Waals surface area contributed by atoms with Gasteiger partial charge in [-0.1, -0.05) is 29.2 Å². The topological polar surface area (TPSA) is 250 Å². The number of hydrogen-bond acceptors (Lipinski definition) is 14. The maximum atomic E-state index is 15.4. The van der Waals surface area contributed by atoms with Gasteiger partial charge in [0.1, 0.15) is 29.4 Å². The molecule has 2 aromatic heterocycles. The third kappa shape index (κ3) is 12.6. The molecule has 6 atom stereocenters. The summed E-state index contributed by atoms with van der Waals surface area (Å²) >= 11 is 0. The first kappa shape index (κ1) is 59.4. The average molecular weight is 1160 g/mol. The summed E-state index contributed by atoms with van der Waals surface area (Å²) in [6.07, 6.45) is -6.82. The molecule has 4 bridgehead atoms. The van der Waals surface area contributed by atoms with Gasteiger partial charge in [-0.3, -0.25) is 19.9 Å². The maximum absolute atomic E-state index is 15.4. The molecule has 442 valence electrons. The van der Waals surface area contributed by atoms with E-state index in [1.807, 2.05) is 10.7 Å². The number of amides is 4. The van der Waals surface area contributed by atoms with Gasteiger partial charge in [0.2, 0.25) is 11.9 Å². The number of hydrogen-bond donors (Lipinski definition) is 7. The Morgan fingerprint density at radius 1 is 0.817 bits per heavy atom. The number of aromatic nitrogens is 5. The number of aliphatic hydroxyl groups is 1. The van der Waals surface area contributed by atoms with Crippen LogP contribution in [0.2, 0.25) is 0 Å². The van der Waals surface area contributed by atoms with Crippen molar-refractivity contribution in [2.45, 2.75) is 133 Å². The molecule has 10 rings (SSSR count). The number of rotatable bonds is 20. The number of piperazine rings is 1. The van der Waals surface area contributed by atoms with Crippen LogP contribution in [0.25, 0.3) is 11.3 Å². The summed E-state index contributed by atoms with van der Waals surface area (Å²) in [5.41, 5.74) is -0.918. The number of fused-ring (bicyclic) bond motifs is 2. The molecule has 3 saturated heterocycles. The third-order valence-corrected chi connectivity index (χ3v) is 16.5. The van der Waals surface area contributed by atoms with Crippen molar-refractivity contribution in [3.63, 3.8) is 0 Å². The number of benzene rings is 2. The molecule has 6 aliphatic rings. The van der Waals surface area contributed by atoms with Gasteiger partial charge in [-0.05, 0) is 102 Å². The highest BCUT2D eigenvalue weighted by Gasteiger charge is 2.59. The lowest BCUT2D eigenvalue weighted by atomic mass is 9.50. The van der Waals surface area contributed by atoms with Crippen LogP contribution in [0.15, 0.2) is 55.0 Å². The summed E-state index contributed by atoms with van der Waals surface area (Å²) in [6, 6.07) is 2.96. The number of halogens is 8. The molecule has 0 spiro atoms. The number of alkyl carbamates (subject to hydrolysis) is 1. The molecule has 2 aromatic carbocycles. The summed E-state index contributed by atoms with van der Waals surface area (Å²) < 4.78 is 129. The van der Waals surface area contributed by atoms with E-state index >= 15 is 8.78 Å². The van der Waals surface area contributed by atoms with E-state index in [-0.39, 0.29) is 23.2 Å². The number of anilines is 1. The standard InChI is InChI=1S/C54H62F8N12O8/c1-50(2,53(57,58)59)43(68-49(80)82-14-13-37-38(55)16-33(17-39(37)56)41-26-73(71-69-41)52-18-32(19-52)20-52)45(76)66-40(42(75)23-65-70-46(77)44(67-48(78)79)51(3,4)54(60,61)62)15-30-8-5-29(6-9-30)7-10-31-21-63-47(64-22-31)72-24-34-11-12-35(25-72)74(34)36-27-81-28-36/h5-6,8-9,16-17,21-22,26,32,34-36,40,42-44,65,67,75H,11-15,18-20,23-25,27-28H2,1-4H3,(H,66,76)(H,68,80)(H,70,77)(H,78,79). The van der Waals surface area contributed by atoms with Gasteiger partial charge in [-0.2, -0.15) is 26.3 Å². The van der Waals surface area contributed by atoms with E-state index in [0.29, 0.717) is 74.4 Å². The fraction of sp³-hybridized carbons (Fsp3) is 0.556. The van der Waals surface area contributed by atoms with Crippen LogP contribution in [0.1, 0.15) is 82.1 Å². The molecule has 6 unspecified atom stereocenters. The molecule has 28 heteroatoms. The number of aliphatic hydroxyl groups excluding tert-OH is 1. The smallest absolute Gasteiger partial charge is 0.407 e. The first-order chi connectivity index (χ1) is 38.6. The Labute approximate surface area is 465 Å². The van der Waals surface area contributed by atoms with E-state index in [9.17, 15) is 55.7 Å². The van der Waals surface area contributed by atoms with Crippen LogP contribution in [0, 0.1) is 40.2 Å². The van der Waals surface area contributed by atoms with E-state index in [2.05, 4.69) is 52.7 Å². The lowest BCUT2D eigenvalue weighted by Crippen LogP contribution is -2.63. The van der Waals surface area contributed by atoms with E-state index in [1.54, 1.807) is 35.4 Å². The number of hydrazine groups is 1. The second-order valence-electron chi connectivity index (χ2n) is 22.9. The van der Waals surface area contributed by atoms with E-state index in [4.69, 9.17) is 9.47 Å². The number of carbonyl (C=O) groups excluding carboxylic acids is 3. The van der Waals surface area contributed by atoms with Crippen molar-refractivity contribution < 1.29 is 74.0 Å². The van der Waals surface area contributed by atoms with Crippen LogP contribution < -0.4 is 31.7 Å². The van der Waals surface area contributed by atoms with Crippen LogP contribution >= 0.6 is 0 Å². The van der Waals surface area contributed by atoms with Gasteiger partial charge < -0.3 is 40.5 Å². The Bertz CT molecular complexity index is 3020. The van der Waals surface area contributed by atoms with Crippen LogP contribution in [0.3, 0.4) is 0 Å². The molecule has 4 amide bonds. The molecular weight excluding hydrogens is 1100 g/mol. The van der Waals surface area contributed by atoms with Crippen LogP contribution in [0.4, 0.5) is 50.7 Å². The number of nitrogens with one attached hydrogen (secondary N) is 5. The number of nitrogens with zero attached hydrogens (tertiary/aromatic N) is 7. The van der Waals surface area contributed by atoms with E-state index in [0.717, 1.165) is 70.5 Å². The molecule has 3 aliphatic carbocycles. The largest absolute Gasteiger partial charge is 0.465 e. The highest BCUT2D eigenvalue weighted by molar-refractivity contribution is 5.87. The van der Waals surface area contributed by atoms with Gasteiger partial charge >= 0.3 is 24.5 Å². The summed E-state index contributed by atoms with van der Waals surface area (Å²) in [4.78, 5) is 65.7. The Balaban J connectivity index is 0.867. The average Bonchev–Trinajstić information content (AvgIpc) is 4.07. The van der Waals surface area contributed by atoms with Crippen molar-refractivity contribution in [2.24, 2.45) is 16.7 Å². The van der Waals surface area contributed by atoms with Crippen molar-refractivity contribution >= 4 is 29.9 Å². The van der Waals surface area contributed by atoms with E-state index in [1.165, 1.54) is 17.4 Å². The summed E-state index contributed by atoms with van der Waals surface area (Å²) in [7, 11) is 0. The van der Waals surface area contributed by atoms with Gasteiger partial charge in [-0.15, -0.1) is 5.10 Å². The minimum absolute atomic E-state index is 0.0931. The Morgan fingerprint density at radius 3 is 1.94 bits per heavy atom. The lowest BCUT2D eigenvalue weighted by Gasteiger charge is -2.61. The fourth-order valence-corrected chi connectivity index (χ4v) is 11.1. The number of alkyl halides is 6. The van der Waals surface area contributed by atoms with Crippen LogP contribution in [-0.2, 0) is 37.4 Å². The molecule has 82 heavy (non-hydrogen) atoms. The minimum Gasteiger partial charge on any atom is -0.465 e. The first-order valence-corrected chi connectivity index (χ1v) is 26.6. The van der Waals surface area contributed by atoms with E-state index < -0.39 is 108 Å². The molecule has 4 aromatic rings. The van der Waals surface area contributed by atoms with Gasteiger partial charge in [0.15, 0.2) is 0 Å². The van der Waals surface area contributed by atoms with Crippen LogP contribution in [0.5, 0.6) is 0 Å². The normalized spacial score (nSPS) is 22.2. The first-order valence-electron chi connectivity index (χ1n) is 26.6. The monoisotopic (exact) mass is 1160 g/mol. The predicted molar refractivity (Wildman–Crippen MR) is 275 cm³/mol. The molecule has 0 radical (unpaired) electrons. The predicted octanol–water partition coefficient (Wildman–Crippen LogP) is 5.13. The Kier molecular flexibility index (Phi) is 16.8. The molecule has 6 fully saturated rings. The zero-order valence-corrected chi connectivity index (χ0v) is 45.0. The SMILES string of the molecule is CC(C)(C(NC(=O)O)C(=O)NNCC(O)C(Cc1ccc(C#Cc2cnc(N3CC4CCC(C3)N4C3COC3)nc2)cc1)NC(=O)C(NC(=O)OCCc1c(F)cc(-c2cn(C34CC(C3)C4)nn2)cc1F)C(C)(C)C(F)(F)F)C(F)(F)F. The second kappa shape index (κ2) is 23.2. The molecule has 20 nitrogen and oxygen atoms in total. The number of carboxylic acid groups (broad SMARTS) is 1. The lowest BCUT2D eigenvalue weighted by molar-refractivity contribution is -0.221. The molecule has 3 saturated carbocycles. The summed E-state index contributed by atoms with van der Waals surface area (Å²) in [5, 5.41) is 34.7. The summed E-state index contributed by atoms with van der Waals surface area (Å²) in [5.74, 6) is 2.12. The maximum Gasteiger partial charge on any atom is 0.407 e. The molecule has 3 aliphatic heterocycles. The Morgan fingerprint density at radius 2 is 1.40 bits per heavy atom. The summed E-state index contributed by atoms with van der Waals surface area (Å²) in [6.45, 7) is 3.86. The van der Waals surface area contributed by atoms with Crippen molar-refractivity contribution in [1.82, 2.24) is 56.7 Å². The van der Waals surface area contributed by atoms with Crippen molar-refractivity contribution in [3.05, 3.63) is 88.9 Å². The van der Waals surface area contributed by atoms with Crippen molar-refractivity contribution in [2.75, 3.05) is 44.4 Å². The highest BCUT2D eigenvalue weighted by atomic mass is 19.4.